The first-order valence-electron chi connectivity index (χ1n) is 11.3. The number of hydrogen-bond donors (Lipinski definition) is 1. The molecule has 2 rings (SSSR count). The Hall–Kier alpha value is -3.18. The lowest BCUT2D eigenvalue weighted by Gasteiger charge is -2.33. The van der Waals surface area contributed by atoms with Gasteiger partial charge in [0, 0.05) is 24.0 Å². The van der Waals surface area contributed by atoms with Gasteiger partial charge in [0.2, 0.25) is 5.72 Å². The molecule has 1 saturated heterocycles. The molecule has 12 nitrogen and oxygen atoms in total. The summed E-state index contributed by atoms with van der Waals surface area (Å²) in [4.78, 5) is 43.3. The van der Waals surface area contributed by atoms with E-state index in [1.54, 1.807) is 0 Å². The van der Waals surface area contributed by atoms with E-state index in [-0.39, 0.29) is 18.7 Å². The quantitative estimate of drug-likeness (QED) is 0.147. The minimum atomic E-state index is -2.80. The molecule has 3 atom stereocenters. The Morgan fingerprint density at radius 1 is 1.29 bits per heavy atom. The number of carbonyl (C=O) groups excluding carboxylic acids is 2. The molecular weight excluding hydrogens is 451 g/mol. The predicted octanol–water partition coefficient (Wildman–Crippen LogP) is 3.10. The van der Waals surface area contributed by atoms with Crippen LogP contribution >= 0.6 is 0 Å². The third-order valence-electron chi connectivity index (χ3n) is 5.43. The monoisotopic (exact) mass is 482 g/mol. The van der Waals surface area contributed by atoms with Crippen molar-refractivity contribution in [2.75, 3.05) is 18.9 Å². The standard InChI is InChI=1S/C21H31FN6O6/c1-3-5-7-9-16(29)32-14-21(26-27-24)18(34-17(30)10-8-6-4-2)20(22,13-33-21)28-12-11-15(23)25-19(28)31/h11-12,18H,3-10,13-14H2,1-2H3,(H2,23,25,31)/t18-,20-,21+/m0/s1. The van der Waals surface area contributed by atoms with Crippen molar-refractivity contribution in [3.8, 4) is 0 Å². The zero-order chi connectivity index (χ0) is 25.2. The van der Waals surface area contributed by atoms with Crippen LogP contribution in [0, 0.1) is 0 Å². The number of nitrogen functional groups attached to an aromatic ring is 1. The molecule has 0 radical (unpaired) electrons. The summed E-state index contributed by atoms with van der Waals surface area (Å²) in [5, 5.41) is 3.53. The van der Waals surface area contributed by atoms with Gasteiger partial charge in [-0.3, -0.25) is 14.2 Å². The van der Waals surface area contributed by atoms with Gasteiger partial charge in [-0.1, -0.05) is 44.6 Å². The Balaban J connectivity index is 2.39. The van der Waals surface area contributed by atoms with Gasteiger partial charge in [-0.2, -0.15) is 4.98 Å². The lowest BCUT2D eigenvalue weighted by Crippen LogP contribution is -2.55. The van der Waals surface area contributed by atoms with Gasteiger partial charge in [0.1, 0.15) is 19.0 Å². The lowest BCUT2D eigenvalue weighted by atomic mass is 10.0. The molecule has 34 heavy (non-hydrogen) atoms. The summed E-state index contributed by atoms with van der Waals surface area (Å²) in [5.74, 6) is -4.34. The molecule has 2 N–H and O–H groups in total. The van der Waals surface area contributed by atoms with E-state index in [1.807, 2.05) is 13.8 Å². The van der Waals surface area contributed by atoms with E-state index < -0.39 is 48.5 Å². The second-order valence-electron chi connectivity index (χ2n) is 8.09. The van der Waals surface area contributed by atoms with Crippen molar-refractivity contribution in [2.24, 2.45) is 5.11 Å². The molecule has 0 aliphatic carbocycles. The third-order valence-corrected chi connectivity index (χ3v) is 5.43. The van der Waals surface area contributed by atoms with Crippen LogP contribution in [0.3, 0.4) is 0 Å². The van der Waals surface area contributed by atoms with Crippen LogP contribution in [0.2, 0.25) is 0 Å². The molecule has 1 aliphatic rings. The number of ether oxygens (including phenoxy) is 3. The molecule has 1 aromatic rings. The zero-order valence-corrected chi connectivity index (χ0v) is 19.4. The first-order chi connectivity index (χ1) is 16.2. The van der Waals surface area contributed by atoms with Crippen molar-refractivity contribution in [3.05, 3.63) is 33.2 Å². The number of aromatic nitrogens is 2. The van der Waals surface area contributed by atoms with E-state index in [0.29, 0.717) is 17.4 Å². The molecule has 0 spiro atoms. The number of alkyl halides is 1. The number of nitrogens with two attached hydrogens (primary N) is 1. The molecule has 0 aromatic carbocycles. The second-order valence-corrected chi connectivity index (χ2v) is 8.09. The van der Waals surface area contributed by atoms with Crippen LogP contribution in [-0.2, 0) is 29.6 Å². The number of nitrogens with zero attached hydrogens (tertiary/aromatic N) is 5. The summed E-state index contributed by atoms with van der Waals surface area (Å²) >= 11 is 0. The molecule has 0 saturated carbocycles. The van der Waals surface area contributed by atoms with Crippen LogP contribution in [0.5, 0.6) is 0 Å². The summed E-state index contributed by atoms with van der Waals surface area (Å²) in [6, 6.07) is 1.18. The first kappa shape index (κ1) is 27.1. The molecule has 0 unspecified atom stereocenters. The highest BCUT2D eigenvalue weighted by molar-refractivity contribution is 5.70. The van der Waals surface area contributed by atoms with Gasteiger partial charge in [-0.25, -0.2) is 9.18 Å². The molecule has 1 aliphatic heterocycles. The molecular formula is C21H31FN6O6. The minimum absolute atomic E-state index is 0.0293. The summed E-state index contributed by atoms with van der Waals surface area (Å²) in [6.07, 6.45) is 3.54. The SMILES string of the molecule is CCCCCC(=O)OC[C@@]1(N=[N+]=[N-])OC[C@](F)(n2ccc(N)nc2=O)[C@@H]1OC(=O)CCCCC. The van der Waals surface area contributed by atoms with E-state index in [0.717, 1.165) is 31.9 Å². The number of halogens is 1. The normalized spacial score (nSPS) is 23.8. The highest BCUT2D eigenvalue weighted by atomic mass is 19.1. The van der Waals surface area contributed by atoms with Crippen molar-refractivity contribution in [3.63, 3.8) is 0 Å². The molecule has 2 heterocycles. The lowest BCUT2D eigenvalue weighted by molar-refractivity contribution is -0.180. The maximum atomic E-state index is 16.4. The number of anilines is 1. The van der Waals surface area contributed by atoms with Crippen LogP contribution in [-0.4, -0.2) is 46.5 Å². The molecule has 1 fully saturated rings. The number of esters is 2. The van der Waals surface area contributed by atoms with Gasteiger partial charge < -0.3 is 19.9 Å². The van der Waals surface area contributed by atoms with Crippen LogP contribution in [0.25, 0.3) is 10.4 Å². The van der Waals surface area contributed by atoms with Crippen molar-refractivity contribution >= 4 is 17.8 Å². The molecule has 13 heteroatoms. The summed E-state index contributed by atoms with van der Waals surface area (Å²) in [5.41, 5.74) is 11.4. The largest absolute Gasteiger partial charge is 0.462 e. The summed E-state index contributed by atoms with van der Waals surface area (Å²) in [7, 11) is 0. The molecule has 0 bridgehead atoms. The van der Waals surface area contributed by atoms with E-state index in [1.165, 1.54) is 6.07 Å². The molecule has 0 amide bonds. The van der Waals surface area contributed by atoms with Crippen LogP contribution in [0.1, 0.15) is 65.2 Å². The van der Waals surface area contributed by atoms with Crippen molar-refractivity contribution in [2.45, 2.75) is 82.8 Å². The minimum Gasteiger partial charge on any atom is -0.462 e. The van der Waals surface area contributed by atoms with Crippen molar-refractivity contribution < 1.29 is 28.2 Å². The van der Waals surface area contributed by atoms with Gasteiger partial charge >= 0.3 is 17.6 Å². The van der Waals surface area contributed by atoms with E-state index >= 15 is 4.39 Å². The molecule has 188 valence electrons. The maximum Gasteiger partial charge on any atom is 0.352 e. The van der Waals surface area contributed by atoms with E-state index in [2.05, 4.69) is 15.0 Å². The van der Waals surface area contributed by atoms with Crippen LogP contribution < -0.4 is 11.4 Å². The second kappa shape index (κ2) is 12.3. The maximum absolute atomic E-state index is 16.4. The fourth-order valence-electron chi connectivity index (χ4n) is 3.59. The average Bonchev–Trinajstić information content (AvgIpc) is 3.06. The highest BCUT2D eigenvalue weighted by Crippen LogP contribution is 2.43. The Morgan fingerprint density at radius 3 is 2.53 bits per heavy atom. The Kier molecular flexibility index (Phi) is 9.82. The number of azide groups is 1. The Morgan fingerprint density at radius 2 is 1.94 bits per heavy atom. The fraction of sp³-hybridized carbons (Fsp3) is 0.714. The Labute approximate surface area is 196 Å². The van der Waals surface area contributed by atoms with Crippen molar-refractivity contribution in [1.82, 2.24) is 9.55 Å². The first-order valence-corrected chi connectivity index (χ1v) is 11.3. The van der Waals surface area contributed by atoms with E-state index in [4.69, 9.17) is 25.5 Å². The third kappa shape index (κ3) is 6.45. The van der Waals surface area contributed by atoms with Gasteiger partial charge in [0.25, 0.3) is 5.79 Å². The van der Waals surface area contributed by atoms with Gasteiger partial charge in [-0.05, 0) is 24.4 Å². The predicted molar refractivity (Wildman–Crippen MR) is 119 cm³/mol. The number of carbonyl (C=O) groups is 2. The van der Waals surface area contributed by atoms with Crippen molar-refractivity contribution in [1.29, 1.82) is 0 Å². The van der Waals surface area contributed by atoms with Gasteiger partial charge in [-0.15, -0.1) is 0 Å². The zero-order valence-electron chi connectivity index (χ0n) is 19.4. The van der Waals surface area contributed by atoms with Crippen LogP contribution in [0.15, 0.2) is 22.2 Å². The van der Waals surface area contributed by atoms with Gasteiger partial charge in [0.15, 0.2) is 6.10 Å². The summed E-state index contributed by atoms with van der Waals surface area (Å²) in [6.45, 7) is 2.38. The highest BCUT2D eigenvalue weighted by Gasteiger charge is 2.64. The molecule has 1 aromatic heterocycles. The number of unbranched alkanes of at least 4 members (excludes halogenated alkanes) is 4. The van der Waals surface area contributed by atoms with Crippen LogP contribution in [0.4, 0.5) is 10.2 Å². The number of hydrogen-bond acceptors (Lipinski definition) is 9. The summed E-state index contributed by atoms with van der Waals surface area (Å²) < 4.78 is 33.0. The fourth-order valence-corrected chi connectivity index (χ4v) is 3.59. The van der Waals surface area contributed by atoms with Gasteiger partial charge in [0.05, 0.1) is 0 Å². The Bertz CT molecular complexity index is 967. The topological polar surface area (TPSA) is 171 Å². The van der Waals surface area contributed by atoms with E-state index in [9.17, 15) is 14.4 Å². The average molecular weight is 483 g/mol. The smallest absolute Gasteiger partial charge is 0.352 e. The number of rotatable bonds is 13.